The van der Waals surface area contributed by atoms with Gasteiger partial charge < -0.3 is 4.42 Å². The van der Waals surface area contributed by atoms with Crippen LogP contribution in [0.2, 0.25) is 0 Å². The molecule has 14 heavy (non-hydrogen) atoms. The molecule has 8 heteroatoms. The Kier molecular flexibility index (Phi) is 2.37. The van der Waals surface area contributed by atoms with Crippen LogP contribution in [0, 0.1) is 11.8 Å². The zero-order chi connectivity index (χ0) is 10.9. The second-order valence-corrected chi connectivity index (χ2v) is 2.30. The lowest BCUT2D eigenvalue weighted by Crippen LogP contribution is -2.10. The summed E-state index contributed by atoms with van der Waals surface area (Å²) < 4.78 is 40.5. The number of aryl methyl sites for hydroxylation is 1. The highest BCUT2D eigenvalue weighted by atomic mass is 19.4. The first-order valence-electron chi connectivity index (χ1n) is 3.28. The number of hydrogen-bond acceptors (Lipinski definition) is 4. The predicted octanol–water partition coefficient (Wildman–Crippen LogP) is 1.91. The molecule has 1 amide bonds. The summed E-state index contributed by atoms with van der Waals surface area (Å²) >= 11 is 0. The lowest BCUT2D eigenvalue weighted by Gasteiger charge is -2.00. The van der Waals surface area contributed by atoms with E-state index in [4.69, 9.17) is 0 Å². The molecule has 0 radical (unpaired) electrons. The van der Waals surface area contributed by atoms with Gasteiger partial charge in [-0.2, -0.15) is 13.2 Å². The average molecular weight is 208 g/mol. The molecule has 5 nitrogen and oxygen atoms in total. The maximum atomic E-state index is 12.1. The fraction of sp³-hybridized carbons (Fsp3) is 0.333. The van der Waals surface area contributed by atoms with Crippen LogP contribution < -0.4 is 0 Å². The Hall–Kier alpha value is -1.73. The molecular weight excluding hydrogens is 205 g/mol. The molecule has 0 aliphatic rings. The van der Waals surface area contributed by atoms with Crippen molar-refractivity contribution in [3.63, 3.8) is 0 Å². The van der Waals surface area contributed by atoms with Crippen molar-refractivity contribution >= 4 is 5.91 Å². The highest BCUT2D eigenvalue weighted by Crippen LogP contribution is 2.32. The minimum Gasteiger partial charge on any atom is -0.436 e. The van der Waals surface area contributed by atoms with Crippen LogP contribution in [0.25, 0.3) is 0 Å². The molecule has 0 bridgehead atoms. The minimum atomic E-state index is -4.86. The molecule has 0 aliphatic heterocycles. The lowest BCUT2D eigenvalue weighted by molar-refractivity contribution is -0.153. The summed E-state index contributed by atoms with van der Waals surface area (Å²) in [5.41, 5.74) is -1.11. The largest absolute Gasteiger partial charge is 0.452 e. The van der Waals surface area contributed by atoms with E-state index in [-0.39, 0.29) is 5.89 Å². The van der Waals surface area contributed by atoms with Gasteiger partial charge >= 0.3 is 12.1 Å². The van der Waals surface area contributed by atoms with Crippen LogP contribution in [0.3, 0.4) is 0 Å². The van der Waals surface area contributed by atoms with Gasteiger partial charge in [0, 0.05) is 12.1 Å². The summed E-state index contributed by atoms with van der Waals surface area (Å²) in [6.07, 6.45) is -4.86. The number of alkyl halides is 3. The van der Waals surface area contributed by atoms with Crippen LogP contribution in [-0.2, 0) is 6.18 Å². The number of nitrogens with zero attached hydrogens (tertiary/aromatic N) is 2. The number of hydrogen-bond donors (Lipinski definition) is 0. The number of halogens is 3. The zero-order valence-corrected chi connectivity index (χ0v) is 6.75. The van der Waals surface area contributed by atoms with Gasteiger partial charge in [0.1, 0.15) is 0 Å². The molecule has 0 aromatic carbocycles. The SMILES string of the molecule is Cc1nc(C(=O)N=O)c(C(F)(F)F)o1. The summed E-state index contributed by atoms with van der Waals surface area (Å²) in [7, 11) is 0. The van der Waals surface area contributed by atoms with Gasteiger partial charge in [-0.15, -0.1) is 4.91 Å². The molecule has 0 saturated heterocycles. The van der Waals surface area contributed by atoms with Crippen molar-refractivity contribution in [2.24, 2.45) is 5.18 Å². The molecule has 1 heterocycles. The van der Waals surface area contributed by atoms with E-state index in [1.54, 1.807) is 0 Å². The molecule has 1 aromatic rings. The van der Waals surface area contributed by atoms with Gasteiger partial charge in [-0.25, -0.2) is 4.98 Å². The maximum Gasteiger partial charge on any atom is 0.452 e. The fourth-order valence-corrected chi connectivity index (χ4v) is 0.807. The summed E-state index contributed by atoms with van der Waals surface area (Å²) in [4.78, 5) is 23.5. The summed E-state index contributed by atoms with van der Waals surface area (Å²) in [5, 5.41) is 1.83. The number of aromatic nitrogens is 1. The van der Waals surface area contributed by atoms with Crippen molar-refractivity contribution in [3.8, 4) is 0 Å². The Morgan fingerprint density at radius 3 is 2.50 bits per heavy atom. The number of oxazole rings is 1. The number of nitroso groups, excluding NO2 is 1. The summed E-state index contributed by atoms with van der Waals surface area (Å²) in [5.74, 6) is -3.56. The summed E-state index contributed by atoms with van der Waals surface area (Å²) in [6.45, 7) is 1.12. The first-order chi connectivity index (χ1) is 6.36. The van der Waals surface area contributed by atoms with Crippen molar-refractivity contribution in [2.45, 2.75) is 13.1 Å². The van der Waals surface area contributed by atoms with Gasteiger partial charge in [0.05, 0.1) is 0 Å². The van der Waals surface area contributed by atoms with Crippen LogP contribution in [-0.4, -0.2) is 10.9 Å². The standard InChI is InChI=1S/C6H3F3N2O3/c1-2-10-3(5(12)11-13)4(14-2)6(7,8)9/h1H3. The van der Waals surface area contributed by atoms with Gasteiger partial charge in [0.2, 0.25) is 5.76 Å². The van der Waals surface area contributed by atoms with Crippen LogP contribution in [0.1, 0.15) is 22.1 Å². The quantitative estimate of drug-likeness (QED) is 0.660. The fourth-order valence-electron chi connectivity index (χ4n) is 0.807. The second kappa shape index (κ2) is 3.20. The van der Waals surface area contributed by atoms with E-state index in [1.165, 1.54) is 0 Å². The molecular formula is C6H3F3N2O3. The van der Waals surface area contributed by atoms with Gasteiger partial charge in [-0.1, -0.05) is 0 Å². The van der Waals surface area contributed by atoms with Crippen molar-refractivity contribution in [2.75, 3.05) is 0 Å². The molecule has 1 rings (SSSR count). The Morgan fingerprint density at radius 2 is 2.07 bits per heavy atom. The Bertz CT molecular complexity index is 382. The van der Waals surface area contributed by atoms with Crippen molar-refractivity contribution in [1.29, 1.82) is 0 Å². The first-order valence-corrected chi connectivity index (χ1v) is 3.28. The Balaban J connectivity index is 3.29. The second-order valence-electron chi connectivity index (χ2n) is 2.30. The third-order valence-electron chi connectivity index (χ3n) is 1.28. The maximum absolute atomic E-state index is 12.1. The van der Waals surface area contributed by atoms with E-state index in [0.29, 0.717) is 0 Å². The van der Waals surface area contributed by atoms with Gasteiger partial charge in [0.25, 0.3) is 0 Å². The van der Waals surface area contributed by atoms with Crippen LogP contribution in [0.15, 0.2) is 9.59 Å². The molecule has 0 N–H and O–H groups in total. The van der Waals surface area contributed by atoms with E-state index in [9.17, 15) is 22.9 Å². The number of amides is 1. The Labute approximate surface area is 74.9 Å². The number of rotatable bonds is 1. The van der Waals surface area contributed by atoms with Gasteiger partial charge in [-0.05, 0) is 0 Å². The molecule has 0 aliphatic carbocycles. The van der Waals surface area contributed by atoms with Crippen LogP contribution in [0.4, 0.5) is 13.2 Å². The van der Waals surface area contributed by atoms with Gasteiger partial charge in [-0.3, -0.25) is 4.79 Å². The van der Waals surface area contributed by atoms with E-state index < -0.39 is 23.5 Å². The Morgan fingerprint density at radius 1 is 1.50 bits per heavy atom. The summed E-state index contributed by atoms with van der Waals surface area (Å²) in [6, 6.07) is 0. The number of carbonyl (C=O) groups excluding carboxylic acids is 1. The zero-order valence-electron chi connectivity index (χ0n) is 6.75. The minimum absolute atomic E-state index is 0.357. The molecule has 0 saturated carbocycles. The third-order valence-corrected chi connectivity index (χ3v) is 1.28. The molecule has 0 fully saturated rings. The molecule has 0 spiro atoms. The van der Waals surface area contributed by atoms with Gasteiger partial charge in [0.15, 0.2) is 11.6 Å². The monoisotopic (exact) mass is 208 g/mol. The predicted molar refractivity (Wildman–Crippen MR) is 36.4 cm³/mol. The molecule has 1 aromatic heterocycles. The van der Waals surface area contributed by atoms with E-state index in [0.717, 1.165) is 6.92 Å². The van der Waals surface area contributed by atoms with Crippen molar-refractivity contribution < 1.29 is 22.4 Å². The van der Waals surface area contributed by atoms with Crippen molar-refractivity contribution in [1.82, 2.24) is 4.98 Å². The third kappa shape index (κ3) is 1.78. The number of carbonyl (C=O) groups is 1. The van der Waals surface area contributed by atoms with Crippen LogP contribution >= 0.6 is 0 Å². The lowest BCUT2D eigenvalue weighted by atomic mass is 10.3. The van der Waals surface area contributed by atoms with E-state index in [2.05, 4.69) is 9.40 Å². The molecule has 76 valence electrons. The van der Waals surface area contributed by atoms with E-state index >= 15 is 0 Å². The average Bonchev–Trinajstić information content (AvgIpc) is 2.45. The highest BCUT2D eigenvalue weighted by molar-refractivity contribution is 5.93. The normalized spacial score (nSPS) is 11.4. The molecule has 0 atom stereocenters. The first kappa shape index (κ1) is 10.4. The smallest absolute Gasteiger partial charge is 0.436 e. The topological polar surface area (TPSA) is 72.5 Å². The van der Waals surface area contributed by atoms with Crippen LogP contribution in [0.5, 0.6) is 0 Å². The molecule has 0 unspecified atom stereocenters. The van der Waals surface area contributed by atoms with Crippen molar-refractivity contribution in [3.05, 3.63) is 22.3 Å². The van der Waals surface area contributed by atoms with E-state index in [1.807, 2.05) is 5.18 Å². The highest BCUT2D eigenvalue weighted by Gasteiger charge is 2.41.